The number of aliphatic hydroxyl groups is 1. The maximum absolute atomic E-state index is 12.6. The Labute approximate surface area is 144 Å². The predicted molar refractivity (Wildman–Crippen MR) is 86.5 cm³/mol. The smallest absolute Gasteiger partial charge is 0.254 e. The Morgan fingerprint density at radius 1 is 1.29 bits per heavy atom. The number of carbonyl (C=O) groups excluding carboxylic acids is 3. The molecule has 0 unspecified atom stereocenters. The number of benzene rings is 1. The number of nitrogens with one attached hydrogen (secondary N) is 1. The van der Waals surface area contributed by atoms with Crippen LogP contribution >= 0.6 is 11.6 Å². The molecule has 2 aliphatic heterocycles. The zero-order valence-corrected chi connectivity index (χ0v) is 13.9. The molecule has 2 fully saturated rings. The second kappa shape index (κ2) is 6.41. The lowest BCUT2D eigenvalue weighted by molar-refractivity contribution is -0.155. The Morgan fingerprint density at radius 2 is 1.96 bits per heavy atom. The van der Waals surface area contributed by atoms with Crippen LogP contribution in [0.15, 0.2) is 24.3 Å². The van der Waals surface area contributed by atoms with Crippen LogP contribution in [0, 0.1) is 0 Å². The Balaban J connectivity index is 1.75. The fourth-order valence-corrected chi connectivity index (χ4v) is 3.17. The van der Waals surface area contributed by atoms with Gasteiger partial charge in [-0.1, -0.05) is 11.6 Å². The summed E-state index contributed by atoms with van der Waals surface area (Å²) in [6.45, 7) is 2.19. The molecule has 3 amide bonds. The molecule has 2 saturated heterocycles. The lowest BCUT2D eigenvalue weighted by Crippen LogP contribution is -2.71. The standard InChI is InChI=1S/C16H18ClN3O4/c1-9(21)13-16(24)20-7-6-19(8-12(20)14(22)18-13)15(23)10-2-4-11(17)5-3-10/h2-5,9,12-13,21H,6-8H2,1H3,(H,18,22)/t9-,12-,13+/m1/s1. The van der Waals surface area contributed by atoms with Crippen LogP contribution in [0.5, 0.6) is 0 Å². The molecule has 0 spiro atoms. The summed E-state index contributed by atoms with van der Waals surface area (Å²) in [4.78, 5) is 40.2. The average Bonchev–Trinajstić information content (AvgIpc) is 2.57. The van der Waals surface area contributed by atoms with E-state index in [1.165, 1.54) is 11.8 Å². The molecule has 24 heavy (non-hydrogen) atoms. The molecule has 2 heterocycles. The number of amides is 3. The third kappa shape index (κ3) is 2.97. The molecule has 0 bridgehead atoms. The van der Waals surface area contributed by atoms with E-state index in [4.69, 9.17) is 11.6 Å². The lowest BCUT2D eigenvalue weighted by Gasteiger charge is -2.45. The summed E-state index contributed by atoms with van der Waals surface area (Å²) in [5.74, 6) is -0.869. The number of hydrogen-bond acceptors (Lipinski definition) is 4. The summed E-state index contributed by atoms with van der Waals surface area (Å²) in [5, 5.41) is 12.7. The summed E-state index contributed by atoms with van der Waals surface area (Å²) < 4.78 is 0. The van der Waals surface area contributed by atoms with Gasteiger partial charge in [0.05, 0.1) is 12.6 Å². The molecular weight excluding hydrogens is 334 g/mol. The minimum absolute atomic E-state index is 0.131. The van der Waals surface area contributed by atoms with E-state index in [-0.39, 0.29) is 30.8 Å². The minimum atomic E-state index is -0.962. The van der Waals surface area contributed by atoms with Crippen molar-refractivity contribution in [2.24, 2.45) is 0 Å². The van der Waals surface area contributed by atoms with E-state index in [0.717, 1.165) is 0 Å². The molecule has 2 N–H and O–H groups in total. The van der Waals surface area contributed by atoms with Crippen molar-refractivity contribution >= 4 is 29.3 Å². The highest BCUT2D eigenvalue weighted by atomic mass is 35.5. The summed E-state index contributed by atoms with van der Waals surface area (Å²) >= 11 is 5.83. The van der Waals surface area contributed by atoms with Crippen LogP contribution < -0.4 is 5.32 Å². The summed E-state index contributed by atoms with van der Waals surface area (Å²) in [6.07, 6.45) is -0.962. The molecule has 128 valence electrons. The van der Waals surface area contributed by atoms with Gasteiger partial charge in [0.15, 0.2) is 0 Å². The molecule has 1 aromatic carbocycles. The quantitative estimate of drug-likeness (QED) is 0.777. The maximum atomic E-state index is 12.6. The zero-order chi connectivity index (χ0) is 17.4. The van der Waals surface area contributed by atoms with Crippen molar-refractivity contribution < 1.29 is 19.5 Å². The highest BCUT2D eigenvalue weighted by molar-refractivity contribution is 6.30. The molecular formula is C16H18ClN3O4. The van der Waals surface area contributed by atoms with Gasteiger partial charge in [-0.15, -0.1) is 0 Å². The monoisotopic (exact) mass is 351 g/mol. The zero-order valence-electron chi connectivity index (χ0n) is 13.1. The van der Waals surface area contributed by atoms with Gasteiger partial charge in [-0.05, 0) is 31.2 Å². The first kappa shape index (κ1) is 16.7. The minimum Gasteiger partial charge on any atom is -0.391 e. The van der Waals surface area contributed by atoms with Gasteiger partial charge in [0.25, 0.3) is 5.91 Å². The van der Waals surface area contributed by atoms with Crippen LogP contribution in [-0.2, 0) is 9.59 Å². The maximum Gasteiger partial charge on any atom is 0.254 e. The van der Waals surface area contributed by atoms with Crippen molar-refractivity contribution in [3.63, 3.8) is 0 Å². The molecule has 0 aromatic heterocycles. The number of halogens is 1. The van der Waals surface area contributed by atoms with Crippen molar-refractivity contribution in [1.29, 1.82) is 0 Å². The number of hydrogen-bond donors (Lipinski definition) is 2. The van der Waals surface area contributed by atoms with E-state index in [0.29, 0.717) is 17.1 Å². The fourth-order valence-electron chi connectivity index (χ4n) is 3.05. The predicted octanol–water partition coefficient (Wildman–Crippen LogP) is -0.128. The molecule has 0 radical (unpaired) electrons. The van der Waals surface area contributed by atoms with Crippen LogP contribution in [0.4, 0.5) is 0 Å². The molecule has 7 nitrogen and oxygen atoms in total. The first-order valence-electron chi connectivity index (χ1n) is 7.72. The second-order valence-electron chi connectivity index (χ2n) is 6.03. The van der Waals surface area contributed by atoms with E-state index in [1.54, 1.807) is 29.2 Å². The van der Waals surface area contributed by atoms with Crippen LogP contribution in [0.3, 0.4) is 0 Å². The normalized spacial score (nSPS) is 25.1. The third-order valence-electron chi connectivity index (χ3n) is 4.39. The Kier molecular flexibility index (Phi) is 4.47. The number of fused-ring (bicyclic) bond motifs is 1. The van der Waals surface area contributed by atoms with E-state index >= 15 is 0 Å². The van der Waals surface area contributed by atoms with Crippen molar-refractivity contribution in [3.05, 3.63) is 34.9 Å². The van der Waals surface area contributed by atoms with Gasteiger partial charge in [0.1, 0.15) is 12.1 Å². The highest BCUT2D eigenvalue weighted by Crippen LogP contribution is 2.20. The Morgan fingerprint density at radius 3 is 2.58 bits per heavy atom. The lowest BCUT2D eigenvalue weighted by atomic mass is 10.0. The summed E-state index contributed by atoms with van der Waals surface area (Å²) in [5.41, 5.74) is 0.484. The number of nitrogens with zero attached hydrogens (tertiary/aromatic N) is 2. The first-order valence-corrected chi connectivity index (χ1v) is 8.10. The van der Waals surface area contributed by atoms with Crippen LogP contribution in [0.2, 0.25) is 5.02 Å². The third-order valence-corrected chi connectivity index (χ3v) is 4.64. The fraction of sp³-hybridized carbons (Fsp3) is 0.438. The van der Waals surface area contributed by atoms with Gasteiger partial charge in [-0.25, -0.2) is 0 Å². The number of carbonyl (C=O) groups is 3. The number of aliphatic hydroxyl groups excluding tert-OH is 1. The molecule has 3 rings (SSSR count). The van der Waals surface area contributed by atoms with E-state index in [9.17, 15) is 19.5 Å². The SMILES string of the molecule is C[C@@H](O)[C@@H]1NC(=O)[C@H]2CN(C(=O)c3ccc(Cl)cc3)CCN2C1=O. The van der Waals surface area contributed by atoms with Crippen molar-refractivity contribution in [2.75, 3.05) is 19.6 Å². The molecule has 2 aliphatic rings. The van der Waals surface area contributed by atoms with Crippen molar-refractivity contribution in [1.82, 2.24) is 15.1 Å². The average molecular weight is 352 g/mol. The van der Waals surface area contributed by atoms with Gasteiger partial charge < -0.3 is 20.2 Å². The van der Waals surface area contributed by atoms with Crippen LogP contribution in [0.25, 0.3) is 0 Å². The Bertz CT molecular complexity index is 676. The van der Waals surface area contributed by atoms with E-state index in [1.807, 2.05) is 0 Å². The molecule has 3 atom stereocenters. The van der Waals surface area contributed by atoms with Gasteiger partial charge in [-0.2, -0.15) is 0 Å². The van der Waals surface area contributed by atoms with E-state index < -0.39 is 18.2 Å². The van der Waals surface area contributed by atoms with Crippen molar-refractivity contribution in [2.45, 2.75) is 25.1 Å². The van der Waals surface area contributed by atoms with E-state index in [2.05, 4.69) is 5.32 Å². The Hall–Kier alpha value is -2.12. The topological polar surface area (TPSA) is 89.9 Å². The summed E-state index contributed by atoms with van der Waals surface area (Å²) in [7, 11) is 0. The van der Waals surface area contributed by atoms with Crippen LogP contribution in [-0.4, -0.2) is 70.4 Å². The summed E-state index contributed by atoms with van der Waals surface area (Å²) in [6, 6.07) is 4.88. The van der Waals surface area contributed by atoms with Gasteiger partial charge >= 0.3 is 0 Å². The van der Waals surface area contributed by atoms with Crippen LogP contribution in [0.1, 0.15) is 17.3 Å². The number of rotatable bonds is 2. The highest BCUT2D eigenvalue weighted by Gasteiger charge is 2.45. The van der Waals surface area contributed by atoms with Gasteiger partial charge in [-0.3, -0.25) is 14.4 Å². The van der Waals surface area contributed by atoms with Gasteiger partial charge in [0.2, 0.25) is 11.8 Å². The van der Waals surface area contributed by atoms with Crippen molar-refractivity contribution in [3.8, 4) is 0 Å². The molecule has 8 heteroatoms. The largest absolute Gasteiger partial charge is 0.391 e. The second-order valence-corrected chi connectivity index (χ2v) is 6.47. The first-order chi connectivity index (χ1) is 11.4. The van der Waals surface area contributed by atoms with Gasteiger partial charge in [0, 0.05) is 23.7 Å². The molecule has 1 aromatic rings. The number of piperazine rings is 2. The molecule has 0 aliphatic carbocycles. The molecule has 0 saturated carbocycles.